The van der Waals surface area contributed by atoms with Gasteiger partial charge in [-0.1, -0.05) is 9.63 Å². The van der Waals surface area contributed by atoms with E-state index in [4.69, 9.17) is 0 Å². The van der Waals surface area contributed by atoms with Crippen molar-refractivity contribution in [3.05, 3.63) is 0 Å². The molecular formula is CH2N3O3S-. The van der Waals surface area contributed by atoms with Crippen molar-refractivity contribution in [2.45, 2.75) is 0 Å². The van der Waals surface area contributed by atoms with E-state index >= 15 is 0 Å². The first-order valence-electron chi connectivity index (χ1n) is 1.43. The van der Waals surface area contributed by atoms with Crippen LogP contribution in [0.15, 0.2) is 9.63 Å². The van der Waals surface area contributed by atoms with Gasteiger partial charge in [-0.3, -0.25) is 0 Å². The molecule has 46 valence electrons. The van der Waals surface area contributed by atoms with Crippen LogP contribution in [0, 0.1) is 0 Å². The van der Waals surface area contributed by atoms with Crippen molar-refractivity contribution in [1.29, 1.82) is 0 Å². The lowest BCUT2D eigenvalue weighted by Gasteiger charge is -1.88. The molecule has 0 aromatic carbocycles. The maximum absolute atomic E-state index is 9.59. The van der Waals surface area contributed by atoms with Crippen molar-refractivity contribution in [2.24, 2.45) is 15.4 Å². The maximum atomic E-state index is 9.59. The summed E-state index contributed by atoms with van der Waals surface area (Å²) < 4.78 is 21.3. The second-order valence-corrected chi connectivity index (χ2v) is 1.33. The second-order valence-electron chi connectivity index (χ2n) is 0.737. The Kier molecular flexibility index (Phi) is 2.89. The average Bonchev–Trinajstić information content (AvgIpc) is 1.61. The summed E-state index contributed by atoms with van der Waals surface area (Å²) in [4.78, 5) is 9.59. The molecule has 0 aliphatic rings. The quantitative estimate of drug-likeness (QED) is 0.380. The van der Waals surface area contributed by atoms with Crippen LogP contribution in [-0.4, -0.2) is 14.8 Å². The predicted molar refractivity (Wildman–Crippen MR) is 23.4 cm³/mol. The van der Waals surface area contributed by atoms with Gasteiger partial charge in [0, 0.05) is 0 Å². The van der Waals surface area contributed by atoms with Crippen LogP contribution in [0.2, 0.25) is 0 Å². The van der Waals surface area contributed by atoms with Crippen molar-refractivity contribution < 1.29 is 13.6 Å². The highest BCUT2D eigenvalue weighted by Crippen LogP contribution is 1.77. The lowest BCUT2D eigenvalue weighted by molar-refractivity contribution is 0.255. The van der Waals surface area contributed by atoms with Crippen LogP contribution in [0.25, 0.3) is 0 Å². The number of hydrogen-bond donors (Lipinski definition) is 1. The fraction of sp³-hybridized carbons (Fsp3) is 0. The van der Waals surface area contributed by atoms with Crippen molar-refractivity contribution >= 4 is 17.3 Å². The summed E-state index contributed by atoms with van der Waals surface area (Å²) in [6.45, 7) is 0. The summed E-state index contributed by atoms with van der Waals surface area (Å²) in [6, 6.07) is -1.13. The van der Waals surface area contributed by atoms with Gasteiger partial charge in [-0.15, -0.1) is 0 Å². The van der Waals surface area contributed by atoms with Crippen LogP contribution >= 0.6 is 0 Å². The smallest absolute Gasteiger partial charge is 0.357 e. The Labute approximate surface area is 47.2 Å². The number of primary amides is 1. The van der Waals surface area contributed by atoms with Gasteiger partial charge in [0.15, 0.2) is 0 Å². The third kappa shape index (κ3) is 5.18. The molecule has 0 bridgehead atoms. The fourth-order valence-corrected chi connectivity index (χ4v) is 0.221. The first kappa shape index (κ1) is 7.18. The highest BCUT2D eigenvalue weighted by atomic mass is 32.2. The molecule has 0 aromatic rings. The molecule has 0 saturated heterocycles. The third-order valence-corrected chi connectivity index (χ3v) is 0.421. The predicted octanol–water partition coefficient (Wildman–Crippen LogP) is -0.689. The van der Waals surface area contributed by atoms with Gasteiger partial charge in [-0.2, -0.15) is 0 Å². The SMILES string of the molecule is NC(=O)N=NS(=O)[O-]. The zero-order chi connectivity index (χ0) is 6.57. The number of amides is 2. The van der Waals surface area contributed by atoms with E-state index in [0.29, 0.717) is 0 Å². The fourth-order valence-electron chi connectivity index (χ4n) is 0.0736. The first-order chi connectivity index (χ1) is 3.63. The van der Waals surface area contributed by atoms with Crippen LogP contribution in [0.3, 0.4) is 0 Å². The number of nitrogens with zero attached hydrogens (tertiary/aromatic N) is 2. The monoisotopic (exact) mass is 136 g/mol. The Morgan fingerprint density at radius 1 is 1.75 bits per heavy atom. The van der Waals surface area contributed by atoms with E-state index in [0.717, 1.165) is 0 Å². The van der Waals surface area contributed by atoms with Gasteiger partial charge in [0.1, 0.15) is 0 Å². The Morgan fingerprint density at radius 2 is 2.25 bits per heavy atom. The summed E-state index contributed by atoms with van der Waals surface area (Å²) in [5.74, 6) is 0. The van der Waals surface area contributed by atoms with Crippen LogP contribution in [0.1, 0.15) is 0 Å². The minimum atomic E-state index is -2.68. The largest absolute Gasteiger partial charge is 0.752 e. The number of urea groups is 1. The lowest BCUT2D eigenvalue weighted by atomic mass is 11.2. The number of carbonyl (C=O) groups is 1. The standard InChI is InChI=1S/CH3N3O3S/c2-1(5)3-4-8(6)7/h(H2,2,5)(H,6,7)/p-1. The molecular weight excluding hydrogens is 134 g/mol. The van der Waals surface area contributed by atoms with Crippen molar-refractivity contribution in [3.63, 3.8) is 0 Å². The number of nitrogens with two attached hydrogens (primary N) is 1. The zero-order valence-corrected chi connectivity index (χ0v) is 4.42. The van der Waals surface area contributed by atoms with Gasteiger partial charge in [0.2, 0.25) is 0 Å². The number of hydrogen-bond acceptors (Lipinski definition) is 3. The molecule has 2 amide bonds. The molecule has 6 nitrogen and oxygen atoms in total. The highest BCUT2D eigenvalue weighted by Gasteiger charge is 1.80. The van der Waals surface area contributed by atoms with E-state index in [1.54, 1.807) is 0 Å². The second kappa shape index (κ2) is 3.22. The minimum Gasteiger partial charge on any atom is -0.752 e. The van der Waals surface area contributed by atoms with Crippen LogP contribution in [-0.2, 0) is 11.3 Å². The third-order valence-electron chi connectivity index (χ3n) is 0.206. The van der Waals surface area contributed by atoms with Crippen molar-refractivity contribution in [2.75, 3.05) is 0 Å². The molecule has 0 aliphatic carbocycles. The molecule has 7 heteroatoms. The molecule has 0 aliphatic heterocycles. The Balaban J connectivity index is 3.67. The summed E-state index contributed by atoms with van der Waals surface area (Å²) in [5, 5.41) is 2.48. The molecule has 0 aromatic heterocycles. The summed E-state index contributed by atoms with van der Waals surface area (Å²) in [7, 11) is 0. The van der Waals surface area contributed by atoms with Crippen LogP contribution < -0.4 is 5.73 Å². The van der Waals surface area contributed by atoms with Crippen LogP contribution in [0.5, 0.6) is 0 Å². The first-order valence-corrected chi connectivity index (χ1v) is 2.46. The Hall–Kier alpha value is -0.820. The van der Waals surface area contributed by atoms with Gasteiger partial charge in [0.25, 0.3) is 0 Å². The molecule has 0 rings (SSSR count). The van der Waals surface area contributed by atoms with Crippen LogP contribution in [0.4, 0.5) is 4.79 Å². The molecule has 2 N–H and O–H groups in total. The van der Waals surface area contributed by atoms with Gasteiger partial charge in [-0.05, 0) is 0 Å². The minimum absolute atomic E-state index is 1.13. The molecule has 1 unspecified atom stereocenters. The Bertz CT molecular complexity index is 125. The van der Waals surface area contributed by atoms with Gasteiger partial charge in [-0.25, -0.2) is 9.00 Å². The molecule has 0 radical (unpaired) electrons. The van der Waals surface area contributed by atoms with Crippen molar-refractivity contribution in [1.82, 2.24) is 0 Å². The highest BCUT2D eigenvalue weighted by molar-refractivity contribution is 7.77. The number of carbonyl (C=O) groups excluding carboxylic acids is 1. The Morgan fingerprint density at radius 3 is 2.38 bits per heavy atom. The normalized spacial score (nSPS) is 14.1. The van der Waals surface area contributed by atoms with Gasteiger partial charge < -0.3 is 10.3 Å². The maximum Gasteiger partial charge on any atom is 0.357 e. The van der Waals surface area contributed by atoms with E-state index in [1.807, 2.05) is 0 Å². The molecule has 0 heterocycles. The lowest BCUT2D eigenvalue weighted by Crippen LogP contribution is -2.02. The topological polar surface area (TPSA) is 108 Å². The van der Waals surface area contributed by atoms with E-state index in [1.165, 1.54) is 0 Å². The number of rotatable bonds is 1. The summed E-state index contributed by atoms with van der Waals surface area (Å²) in [5.41, 5.74) is 4.37. The van der Waals surface area contributed by atoms with Gasteiger partial charge in [0.05, 0.1) is 11.3 Å². The zero-order valence-electron chi connectivity index (χ0n) is 3.60. The van der Waals surface area contributed by atoms with E-state index < -0.39 is 17.3 Å². The molecule has 8 heavy (non-hydrogen) atoms. The average molecular weight is 136 g/mol. The molecule has 0 saturated carbocycles. The molecule has 0 spiro atoms. The summed E-state index contributed by atoms with van der Waals surface area (Å²) >= 11 is -2.68. The van der Waals surface area contributed by atoms with E-state index in [-0.39, 0.29) is 0 Å². The van der Waals surface area contributed by atoms with Crippen molar-refractivity contribution in [3.8, 4) is 0 Å². The summed E-state index contributed by atoms with van der Waals surface area (Å²) in [6.07, 6.45) is 0. The molecule has 0 fully saturated rings. The van der Waals surface area contributed by atoms with Gasteiger partial charge >= 0.3 is 6.03 Å². The van der Waals surface area contributed by atoms with E-state index in [9.17, 15) is 13.6 Å². The molecule has 1 atom stereocenters. The van der Waals surface area contributed by atoms with E-state index in [2.05, 4.69) is 15.4 Å².